The van der Waals surface area contributed by atoms with Crippen LogP contribution in [0.25, 0.3) is 0 Å². The molecule has 0 aliphatic carbocycles. The first-order valence-electron chi connectivity index (χ1n) is 8.59. The van der Waals surface area contributed by atoms with Gasteiger partial charge in [-0.1, -0.05) is 42.5 Å². The van der Waals surface area contributed by atoms with Crippen molar-refractivity contribution in [2.75, 3.05) is 5.32 Å². The maximum Gasteiger partial charge on any atom is 0.254 e. The van der Waals surface area contributed by atoms with E-state index in [4.69, 9.17) is 0 Å². The third kappa shape index (κ3) is 4.76. The molecule has 3 aromatic rings. The molecule has 1 unspecified atom stereocenters. The predicted octanol–water partition coefficient (Wildman–Crippen LogP) is 3.91. The van der Waals surface area contributed by atoms with Gasteiger partial charge in [0.2, 0.25) is 5.95 Å². The second-order valence-electron chi connectivity index (χ2n) is 6.16. The highest BCUT2D eigenvalue weighted by Crippen LogP contribution is 2.16. The van der Waals surface area contributed by atoms with E-state index in [1.165, 1.54) is 19.3 Å². The van der Waals surface area contributed by atoms with Crippen LogP contribution in [0.2, 0.25) is 0 Å². The summed E-state index contributed by atoms with van der Waals surface area (Å²) in [5, 5.41) is 5.95. The van der Waals surface area contributed by atoms with Crippen LogP contribution in [-0.2, 0) is 0 Å². The zero-order chi connectivity index (χ0) is 19.2. The van der Waals surface area contributed by atoms with Crippen molar-refractivity contribution in [2.24, 2.45) is 0 Å². The molecular formula is C21H20N4O2. The molecule has 0 saturated heterocycles. The molecule has 0 radical (unpaired) electrons. The summed E-state index contributed by atoms with van der Waals surface area (Å²) in [6.45, 7) is 3.44. The Hall–Kier alpha value is -3.54. The summed E-state index contributed by atoms with van der Waals surface area (Å²) in [5.74, 6) is 0.0963. The Labute approximate surface area is 157 Å². The lowest BCUT2D eigenvalue weighted by Gasteiger charge is -2.14. The van der Waals surface area contributed by atoms with Gasteiger partial charge >= 0.3 is 0 Å². The molecule has 3 rings (SSSR count). The number of hydrogen-bond acceptors (Lipinski definition) is 5. The number of hydrogen-bond donors (Lipinski definition) is 2. The maximum atomic E-state index is 12.4. The van der Waals surface area contributed by atoms with Gasteiger partial charge in [-0.05, 0) is 31.5 Å². The maximum absolute atomic E-state index is 12.4. The van der Waals surface area contributed by atoms with Crippen molar-refractivity contribution >= 4 is 23.3 Å². The number of aromatic nitrogens is 2. The van der Waals surface area contributed by atoms with Gasteiger partial charge in [-0.2, -0.15) is 0 Å². The summed E-state index contributed by atoms with van der Waals surface area (Å²) in [6, 6.07) is 16.7. The van der Waals surface area contributed by atoms with Gasteiger partial charge < -0.3 is 10.6 Å². The Balaban J connectivity index is 1.65. The number of ketones is 1. The van der Waals surface area contributed by atoms with Gasteiger partial charge in [-0.3, -0.25) is 9.59 Å². The van der Waals surface area contributed by atoms with Crippen LogP contribution in [0.4, 0.5) is 11.6 Å². The van der Waals surface area contributed by atoms with E-state index >= 15 is 0 Å². The van der Waals surface area contributed by atoms with Crippen molar-refractivity contribution in [3.05, 3.63) is 83.7 Å². The van der Waals surface area contributed by atoms with E-state index in [1.54, 1.807) is 18.2 Å². The smallest absolute Gasteiger partial charge is 0.254 e. The molecule has 2 aromatic carbocycles. The third-order valence-electron chi connectivity index (χ3n) is 4.09. The van der Waals surface area contributed by atoms with Crippen molar-refractivity contribution < 1.29 is 9.59 Å². The summed E-state index contributed by atoms with van der Waals surface area (Å²) in [4.78, 5) is 32.2. The van der Waals surface area contributed by atoms with Gasteiger partial charge in [0.1, 0.15) is 0 Å². The molecule has 27 heavy (non-hydrogen) atoms. The Morgan fingerprint density at radius 2 is 1.63 bits per heavy atom. The highest BCUT2D eigenvalue weighted by atomic mass is 16.1. The number of nitrogens with zero attached hydrogens (tertiary/aromatic N) is 2. The summed E-state index contributed by atoms with van der Waals surface area (Å²) in [5.41, 5.74) is 2.71. The predicted molar refractivity (Wildman–Crippen MR) is 104 cm³/mol. The molecule has 0 bridgehead atoms. The minimum absolute atomic E-state index is 0.0147. The van der Waals surface area contributed by atoms with E-state index in [-0.39, 0.29) is 17.7 Å². The largest absolute Gasteiger partial charge is 0.345 e. The summed E-state index contributed by atoms with van der Waals surface area (Å²) in [7, 11) is 0. The number of nitrogens with one attached hydrogen (secondary N) is 2. The fourth-order valence-corrected chi connectivity index (χ4v) is 2.56. The average Bonchev–Trinajstić information content (AvgIpc) is 2.69. The average molecular weight is 360 g/mol. The lowest BCUT2D eigenvalue weighted by atomic mass is 10.1. The monoisotopic (exact) mass is 360 g/mol. The Morgan fingerprint density at radius 1 is 0.926 bits per heavy atom. The minimum Gasteiger partial charge on any atom is -0.345 e. The van der Waals surface area contributed by atoms with Crippen molar-refractivity contribution in [1.29, 1.82) is 0 Å². The fourth-order valence-electron chi connectivity index (χ4n) is 2.56. The molecule has 1 heterocycles. The molecule has 0 saturated carbocycles. The first-order chi connectivity index (χ1) is 13.0. The first kappa shape index (κ1) is 18.3. The van der Waals surface area contributed by atoms with Crippen molar-refractivity contribution in [3.8, 4) is 0 Å². The van der Waals surface area contributed by atoms with Crippen LogP contribution in [0, 0.1) is 0 Å². The second kappa shape index (κ2) is 8.23. The zero-order valence-electron chi connectivity index (χ0n) is 15.1. The Morgan fingerprint density at radius 3 is 2.30 bits per heavy atom. The topological polar surface area (TPSA) is 84.0 Å². The summed E-state index contributed by atoms with van der Waals surface area (Å²) < 4.78 is 0. The van der Waals surface area contributed by atoms with Gasteiger partial charge in [-0.25, -0.2) is 9.97 Å². The number of rotatable bonds is 6. The molecule has 0 spiro atoms. The van der Waals surface area contributed by atoms with Crippen LogP contribution >= 0.6 is 0 Å². The molecule has 0 aliphatic rings. The lowest BCUT2D eigenvalue weighted by Crippen LogP contribution is -2.26. The van der Waals surface area contributed by atoms with Crippen LogP contribution in [0.5, 0.6) is 0 Å². The van der Waals surface area contributed by atoms with E-state index < -0.39 is 0 Å². The number of anilines is 2. The summed E-state index contributed by atoms with van der Waals surface area (Å²) in [6.07, 6.45) is 2.94. The van der Waals surface area contributed by atoms with Gasteiger partial charge in [0, 0.05) is 23.6 Å². The van der Waals surface area contributed by atoms with E-state index in [0.29, 0.717) is 22.8 Å². The highest BCUT2D eigenvalue weighted by molar-refractivity contribution is 5.95. The zero-order valence-corrected chi connectivity index (χ0v) is 15.1. The lowest BCUT2D eigenvalue weighted by molar-refractivity contribution is 0.0938. The Bertz CT molecular complexity index is 940. The van der Waals surface area contributed by atoms with Crippen LogP contribution in [-0.4, -0.2) is 21.7 Å². The SMILES string of the molecule is CC(=O)c1cccc(Nc2ncc(C(=O)NC(C)c3ccccc3)cn2)c1. The Kier molecular flexibility index (Phi) is 5.56. The van der Waals surface area contributed by atoms with E-state index in [0.717, 1.165) is 5.56 Å². The van der Waals surface area contributed by atoms with Crippen molar-refractivity contribution in [3.63, 3.8) is 0 Å². The van der Waals surface area contributed by atoms with Gasteiger partial charge in [0.05, 0.1) is 11.6 Å². The molecule has 0 fully saturated rings. The molecule has 2 N–H and O–H groups in total. The minimum atomic E-state index is -0.239. The van der Waals surface area contributed by atoms with E-state index in [9.17, 15) is 9.59 Å². The molecular weight excluding hydrogens is 340 g/mol. The van der Waals surface area contributed by atoms with Gasteiger partial charge in [0.15, 0.2) is 5.78 Å². The summed E-state index contributed by atoms with van der Waals surface area (Å²) >= 11 is 0. The number of carbonyl (C=O) groups excluding carboxylic acids is 2. The molecule has 136 valence electrons. The van der Waals surface area contributed by atoms with E-state index in [1.807, 2.05) is 43.3 Å². The van der Waals surface area contributed by atoms with Crippen LogP contribution < -0.4 is 10.6 Å². The molecule has 1 atom stereocenters. The second-order valence-corrected chi connectivity index (χ2v) is 6.16. The quantitative estimate of drug-likeness (QED) is 0.651. The molecule has 0 aliphatic heterocycles. The highest BCUT2D eigenvalue weighted by Gasteiger charge is 2.12. The van der Waals surface area contributed by atoms with Crippen LogP contribution in [0.15, 0.2) is 67.0 Å². The molecule has 6 heteroatoms. The van der Waals surface area contributed by atoms with Crippen LogP contribution in [0.3, 0.4) is 0 Å². The molecule has 1 aromatic heterocycles. The van der Waals surface area contributed by atoms with E-state index in [2.05, 4.69) is 20.6 Å². The third-order valence-corrected chi connectivity index (χ3v) is 4.09. The number of Topliss-reactive ketones (excluding diaryl/α,β-unsaturated/α-hetero) is 1. The van der Waals surface area contributed by atoms with Crippen molar-refractivity contribution in [1.82, 2.24) is 15.3 Å². The molecule has 6 nitrogen and oxygen atoms in total. The fraction of sp³-hybridized carbons (Fsp3) is 0.143. The van der Waals surface area contributed by atoms with Gasteiger partial charge in [0.25, 0.3) is 5.91 Å². The van der Waals surface area contributed by atoms with Crippen molar-refractivity contribution in [2.45, 2.75) is 19.9 Å². The van der Waals surface area contributed by atoms with Crippen LogP contribution in [0.1, 0.15) is 46.2 Å². The number of carbonyl (C=O) groups is 2. The standard InChI is InChI=1S/C21H20N4O2/c1-14(16-7-4-3-5-8-16)24-20(27)18-12-22-21(23-13-18)25-19-10-6-9-17(11-19)15(2)26/h3-14H,1-2H3,(H,24,27)(H,22,23,25). The number of amides is 1. The van der Waals surface area contributed by atoms with Gasteiger partial charge in [-0.15, -0.1) is 0 Å². The first-order valence-corrected chi connectivity index (χ1v) is 8.59. The molecule has 1 amide bonds. The number of benzene rings is 2. The normalized spacial score (nSPS) is 11.5.